The van der Waals surface area contributed by atoms with Gasteiger partial charge in [-0.25, -0.2) is 9.59 Å². The third kappa shape index (κ3) is 3.55. The second-order valence-electron chi connectivity index (χ2n) is 5.09. The van der Waals surface area contributed by atoms with Crippen LogP contribution >= 0.6 is 11.8 Å². The number of thioether (sulfide) groups is 1. The van der Waals surface area contributed by atoms with E-state index in [9.17, 15) is 14.7 Å². The van der Waals surface area contributed by atoms with E-state index in [1.54, 1.807) is 21.6 Å². The van der Waals surface area contributed by atoms with Crippen molar-refractivity contribution in [1.29, 1.82) is 0 Å². The van der Waals surface area contributed by atoms with E-state index < -0.39 is 12.0 Å². The lowest BCUT2D eigenvalue weighted by molar-refractivity contribution is -0.141. The highest BCUT2D eigenvalue weighted by atomic mass is 32.2. The van der Waals surface area contributed by atoms with Crippen LogP contribution in [0.3, 0.4) is 0 Å². The fourth-order valence-electron chi connectivity index (χ4n) is 2.30. The number of aliphatic carboxylic acids is 1. The minimum atomic E-state index is -0.906. The Morgan fingerprint density at radius 2 is 2.05 bits per heavy atom. The van der Waals surface area contributed by atoms with Crippen molar-refractivity contribution in [3.63, 3.8) is 0 Å². The molecule has 0 aliphatic carbocycles. The summed E-state index contributed by atoms with van der Waals surface area (Å²) in [5.74, 6) is -0.177. The van der Waals surface area contributed by atoms with Crippen LogP contribution in [-0.4, -0.2) is 57.2 Å². The number of rotatable bonds is 5. The van der Waals surface area contributed by atoms with Crippen molar-refractivity contribution >= 4 is 23.8 Å². The number of carboxylic acid groups (broad SMARTS) is 1. The summed E-state index contributed by atoms with van der Waals surface area (Å²) in [5, 5.41) is 9.25. The van der Waals surface area contributed by atoms with Crippen LogP contribution in [0.2, 0.25) is 0 Å². The summed E-state index contributed by atoms with van der Waals surface area (Å²) in [7, 11) is 0. The highest BCUT2D eigenvalue weighted by molar-refractivity contribution is 8.00. The Bertz CT molecular complexity index is 336. The average molecular weight is 288 g/mol. The van der Waals surface area contributed by atoms with Gasteiger partial charge in [0, 0.05) is 18.8 Å². The van der Waals surface area contributed by atoms with E-state index in [0.29, 0.717) is 18.8 Å². The molecule has 0 spiro atoms. The first-order chi connectivity index (χ1) is 8.93. The zero-order valence-electron chi connectivity index (χ0n) is 12.1. The Morgan fingerprint density at radius 1 is 1.42 bits per heavy atom. The van der Waals surface area contributed by atoms with Gasteiger partial charge in [-0.1, -0.05) is 20.8 Å². The molecule has 1 fully saturated rings. The average Bonchev–Trinajstić information content (AvgIpc) is 2.79. The zero-order valence-corrected chi connectivity index (χ0v) is 12.9. The van der Waals surface area contributed by atoms with Crippen molar-refractivity contribution in [2.24, 2.45) is 5.92 Å². The van der Waals surface area contributed by atoms with Gasteiger partial charge in [0.15, 0.2) is 0 Å². The molecule has 1 heterocycles. The summed E-state index contributed by atoms with van der Waals surface area (Å²) in [4.78, 5) is 27.2. The van der Waals surface area contributed by atoms with Gasteiger partial charge in [-0.3, -0.25) is 4.90 Å². The number of nitrogens with zero attached hydrogens (tertiary/aromatic N) is 2. The normalized spacial score (nSPS) is 22.9. The van der Waals surface area contributed by atoms with Gasteiger partial charge in [0.2, 0.25) is 0 Å². The molecule has 0 aromatic heterocycles. The first kappa shape index (κ1) is 16.1. The molecule has 1 aliphatic heterocycles. The van der Waals surface area contributed by atoms with E-state index in [1.165, 1.54) is 0 Å². The lowest BCUT2D eigenvalue weighted by atomic mass is 10.1. The summed E-state index contributed by atoms with van der Waals surface area (Å²) >= 11 is 1.57. The van der Waals surface area contributed by atoms with Gasteiger partial charge in [0.1, 0.15) is 6.04 Å². The van der Waals surface area contributed by atoms with Crippen molar-refractivity contribution in [3.05, 3.63) is 0 Å². The van der Waals surface area contributed by atoms with E-state index in [2.05, 4.69) is 0 Å². The number of carbonyl (C=O) groups excluding carboxylic acids is 1. The second kappa shape index (κ2) is 7.03. The van der Waals surface area contributed by atoms with Crippen LogP contribution in [-0.2, 0) is 4.79 Å². The fraction of sp³-hybridized carbons (Fsp3) is 0.846. The van der Waals surface area contributed by atoms with E-state index in [0.717, 1.165) is 6.42 Å². The van der Waals surface area contributed by atoms with Gasteiger partial charge in [-0.15, -0.1) is 11.8 Å². The molecular weight excluding hydrogens is 264 g/mol. The molecule has 0 radical (unpaired) electrons. The quantitative estimate of drug-likeness (QED) is 0.843. The highest BCUT2D eigenvalue weighted by Crippen LogP contribution is 2.34. The number of carboxylic acids is 1. The molecule has 2 amide bonds. The summed E-state index contributed by atoms with van der Waals surface area (Å²) < 4.78 is 0. The Hall–Kier alpha value is -0.910. The molecule has 6 heteroatoms. The second-order valence-corrected chi connectivity index (χ2v) is 6.24. The summed E-state index contributed by atoms with van der Waals surface area (Å²) in [6.07, 6.45) is 0.880. The van der Waals surface area contributed by atoms with Crippen LogP contribution in [0.5, 0.6) is 0 Å². The van der Waals surface area contributed by atoms with Gasteiger partial charge in [-0.2, -0.15) is 0 Å². The molecule has 1 aliphatic rings. The molecule has 0 bridgehead atoms. The van der Waals surface area contributed by atoms with Gasteiger partial charge >= 0.3 is 12.0 Å². The number of hydrogen-bond donors (Lipinski definition) is 1. The highest BCUT2D eigenvalue weighted by Gasteiger charge is 2.44. The van der Waals surface area contributed by atoms with Crippen molar-refractivity contribution < 1.29 is 14.7 Å². The SMILES string of the molecule is CCCN(CC)C(=O)N1C(C(=O)O)CSC1C(C)C. The fourth-order valence-corrected chi connectivity index (χ4v) is 3.76. The predicted molar refractivity (Wildman–Crippen MR) is 77.3 cm³/mol. The monoisotopic (exact) mass is 288 g/mol. The number of hydrogen-bond acceptors (Lipinski definition) is 3. The topological polar surface area (TPSA) is 60.9 Å². The number of urea groups is 1. The first-order valence-corrected chi connectivity index (χ1v) is 7.90. The maximum Gasteiger partial charge on any atom is 0.327 e. The molecule has 1 saturated heterocycles. The molecule has 0 saturated carbocycles. The zero-order chi connectivity index (χ0) is 14.6. The Balaban J connectivity index is 2.94. The van der Waals surface area contributed by atoms with Crippen LogP contribution < -0.4 is 0 Å². The molecule has 2 unspecified atom stereocenters. The predicted octanol–water partition coefficient (Wildman–Crippen LogP) is 2.32. The third-order valence-corrected chi connectivity index (χ3v) is 4.88. The van der Waals surface area contributed by atoms with Gasteiger partial charge < -0.3 is 10.0 Å². The van der Waals surface area contributed by atoms with Gasteiger partial charge in [0.25, 0.3) is 0 Å². The van der Waals surface area contributed by atoms with E-state index in [1.807, 2.05) is 27.7 Å². The first-order valence-electron chi connectivity index (χ1n) is 6.85. The van der Waals surface area contributed by atoms with Crippen molar-refractivity contribution in [2.75, 3.05) is 18.8 Å². The minimum absolute atomic E-state index is 0.0421. The van der Waals surface area contributed by atoms with Crippen LogP contribution in [0.15, 0.2) is 0 Å². The van der Waals surface area contributed by atoms with Crippen molar-refractivity contribution in [1.82, 2.24) is 9.80 Å². The van der Waals surface area contributed by atoms with E-state index >= 15 is 0 Å². The van der Waals surface area contributed by atoms with Crippen LogP contribution in [0.4, 0.5) is 4.79 Å². The van der Waals surface area contributed by atoms with E-state index in [4.69, 9.17) is 0 Å². The maximum absolute atomic E-state index is 12.6. The molecular formula is C13H24N2O3S. The Labute approximate surface area is 119 Å². The van der Waals surface area contributed by atoms with Crippen molar-refractivity contribution in [3.8, 4) is 0 Å². The van der Waals surface area contributed by atoms with E-state index in [-0.39, 0.29) is 17.3 Å². The molecule has 1 N–H and O–H groups in total. The summed E-state index contributed by atoms with van der Waals surface area (Å²) in [6, 6.07) is -0.837. The van der Waals surface area contributed by atoms with Crippen molar-refractivity contribution in [2.45, 2.75) is 45.5 Å². The summed E-state index contributed by atoms with van der Waals surface area (Å²) in [6.45, 7) is 9.29. The standard InChI is InChI=1S/C13H24N2O3S/c1-5-7-14(6-2)13(18)15-10(12(16)17)8-19-11(15)9(3)4/h9-11H,5-8H2,1-4H3,(H,16,17). The lowest BCUT2D eigenvalue weighted by Gasteiger charge is -2.34. The Kier molecular flexibility index (Phi) is 5.97. The molecule has 1 rings (SSSR count). The van der Waals surface area contributed by atoms with Crippen LogP contribution in [0.1, 0.15) is 34.1 Å². The smallest absolute Gasteiger partial charge is 0.327 e. The number of carbonyl (C=O) groups is 2. The molecule has 2 atom stereocenters. The molecule has 110 valence electrons. The third-order valence-electron chi connectivity index (χ3n) is 3.26. The Morgan fingerprint density at radius 3 is 2.47 bits per heavy atom. The van der Waals surface area contributed by atoms with Crippen LogP contribution in [0, 0.1) is 5.92 Å². The van der Waals surface area contributed by atoms with Crippen LogP contribution in [0.25, 0.3) is 0 Å². The van der Waals surface area contributed by atoms with Gasteiger partial charge in [-0.05, 0) is 19.3 Å². The lowest BCUT2D eigenvalue weighted by Crippen LogP contribution is -2.52. The molecule has 19 heavy (non-hydrogen) atoms. The minimum Gasteiger partial charge on any atom is -0.480 e. The molecule has 0 aromatic carbocycles. The number of amides is 2. The molecule has 5 nitrogen and oxygen atoms in total. The summed E-state index contributed by atoms with van der Waals surface area (Å²) in [5.41, 5.74) is 0. The van der Waals surface area contributed by atoms with Gasteiger partial charge in [0.05, 0.1) is 5.37 Å². The maximum atomic E-state index is 12.6. The molecule has 0 aromatic rings. The largest absolute Gasteiger partial charge is 0.480 e.